The number of hydrogen-bond donors (Lipinski definition) is 1. The lowest BCUT2D eigenvalue weighted by molar-refractivity contribution is -0.144. The third-order valence-corrected chi connectivity index (χ3v) is 1.67. The molecule has 0 fully saturated rings. The van der Waals surface area contributed by atoms with Gasteiger partial charge in [0.1, 0.15) is 0 Å². The molecule has 0 spiro atoms. The molecule has 1 unspecified atom stereocenters. The Morgan fingerprint density at radius 1 is 1.57 bits per heavy atom. The van der Waals surface area contributed by atoms with Crippen LogP contribution in [0.5, 0.6) is 5.88 Å². The van der Waals surface area contributed by atoms with Gasteiger partial charge in [0.15, 0.2) is 6.10 Å². The number of carbonyl (C=O) groups is 1. The number of aromatic nitrogens is 2. The summed E-state index contributed by atoms with van der Waals surface area (Å²) in [5.74, 6) is -0.743. The summed E-state index contributed by atoms with van der Waals surface area (Å²) in [5, 5.41) is 8.63. The molecule has 0 aliphatic carbocycles. The molecular weight excluding hydrogens is 184 g/mol. The van der Waals surface area contributed by atoms with Gasteiger partial charge in [0.2, 0.25) is 5.88 Å². The average Bonchev–Trinajstić information content (AvgIpc) is 2.11. The molecule has 0 saturated heterocycles. The maximum atomic E-state index is 10.5. The van der Waals surface area contributed by atoms with Crippen LogP contribution in [0.15, 0.2) is 6.20 Å². The Hall–Kier alpha value is -1.65. The lowest BCUT2D eigenvalue weighted by Gasteiger charge is -2.10. The lowest BCUT2D eigenvalue weighted by Crippen LogP contribution is -2.24. The number of hydrogen-bond acceptors (Lipinski definition) is 4. The van der Waals surface area contributed by atoms with E-state index in [-0.39, 0.29) is 5.88 Å². The molecule has 1 aromatic rings. The smallest absolute Gasteiger partial charge is 0.344 e. The third kappa shape index (κ3) is 2.42. The maximum absolute atomic E-state index is 10.5. The Balaban J connectivity index is 2.85. The van der Waals surface area contributed by atoms with Gasteiger partial charge >= 0.3 is 5.97 Å². The van der Waals surface area contributed by atoms with Crippen LogP contribution in [0.3, 0.4) is 0 Å². The number of aryl methyl sites for hydroxylation is 2. The fourth-order valence-electron chi connectivity index (χ4n) is 0.845. The van der Waals surface area contributed by atoms with Crippen molar-refractivity contribution in [2.45, 2.75) is 26.9 Å². The van der Waals surface area contributed by atoms with Gasteiger partial charge in [-0.2, -0.15) is 0 Å². The van der Waals surface area contributed by atoms with Crippen LogP contribution in [0, 0.1) is 13.8 Å². The van der Waals surface area contributed by atoms with Crippen molar-refractivity contribution >= 4 is 5.97 Å². The average molecular weight is 196 g/mol. The lowest BCUT2D eigenvalue weighted by atomic mass is 10.4. The summed E-state index contributed by atoms with van der Waals surface area (Å²) >= 11 is 0. The second-order valence-electron chi connectivity index (χ2n) is 3.00. The molecule has 0 amide bonds. The van der Waals surface area contributed by atoms with Crippen molar-refractivity contribution in [1.29, 1.82) is 0 Å². The fraction of sp³-hybridized carbons (Fsp3) is 0.444. The van der Waals surface area contributed by atoms with E-state index in [2.05, 4.69) is 9.97 Å². The van der Waals surface area contributed by atoms with Crippen LogP contribution >= 0.6 is 0 Å². The first kappa shape index (κ1) is 10.4. The number of ether oxygens (including phenoxy) is 1. The topological polar surface area (TPSA) is 72.3 Å². The van der Waals surface area contributed by atoms with Crippen molar-refractivity contribution in [1.82, 2.24) is 9.97 Å². The molecule has 0 radical (unpaired) electrons. The minimum absolute atomic E-state index is 0.278. The molecule has 14 heavy (non-hydrogen) atoms. The van der Waals surface area contributed by atoms with Crippen molar-refractivity contribution in [3.05, 3.63) is 17.6 Å². The van der Waals surface area contributed by atoms with E-state index < -0.39 is 12.1 Å². The third-order valence-electron chi connectivity index (χ3n) is 1.67. The minimum atomic E-state index is -1.02. The molecule has 1 rings (SSSR count). The molecule has 0 aromatic carbocycles. The van der Waals surface area contributed by atoms with Gasteiger partial charge in [-0.05, 0) is 20.8 Å². The molecule has 76 valence electrons. The summed E-state index contributed by atoms with van der Waals surface area (Å²) in [6.45, 7) is 4.94. The zero-order chi connectivity index (χ0) is 10.7. The summed E-state index contributed by atoms with van der Waals surface area (Å²) in [6, 6.07) is 0. The van der Waals surface area contributed by atoms with E-state index in [4.69, 9.17) is 9.84 Å². The minimum Gasteiger partial charge on any atom is -0.479 e. The first-order chi connectivity index (χ1) is 6.50. The highest BCUT2D eigenvalue weighted by Gasteiger charge is 2.15. The summed E-state index contributed by atoms with van der Waals surface area (Å²) in [7, 11) is 0. The van der Waals surface area contributed by atoms with E-state index in [1.807, 2.05) is 0 Å². The van der Waals surface area contributed by atoms with Crippen LogP contribution in [0.1, 0.15) is 18.3 Å². The van der Waals surface area contributed by atoms with E-state index in [1.54, 1.807) is 20.0 Å². The van der Waals surface area contributed by atoms with Crippen molar-refractivity contribution < 1.29 is 14.6 Å². The van der Waals surface area contributed by atoms with Gasteiger partial charge in [-0.3, -0.25) is 4.98 Å². The Morgan fingerprint density at radius 3 is 2.79 bits per heavy atom. The predicted molar refractivity (Wildman–Crippen MR) is 49.2 cm³/mol. The van der Waals surface area contributed by atoms with Crippen LogP contribution in [-0.4, -0.2) is 27.1 Å². The normalized spacial score (nSPS) is 12.2. The molecule has 0 aliphatic heterocycles. The number of carboxylic acid groups (broad SMARTS) is 1. The molecule has 1 aromatic heterocycles. The number of aliphatic carboxylic acids is 1. The van der Waals surface area contributed by atoms with Crippen LogP contribution < -0.4 is 4.74 Å². The molecule has 0 bridgehead atoms. The zero-order valence-corrected chi connectivity index (χ0v) is 8.31. The second-order valence-corrected chi connectivity index (χ2v) is 3.00. The quantitative estimate of drug-likeness (QED) is 0.779. The highest BCUT2D eigenvalue weighted by Crippen LogP contribution is 2.13. The fourth-order valence-corrected chi connectivity index (χ4v) is 0.845. The van der Waals surface area contributed by atoms with Gasteiger partial charge in [-0.1, -0.05) is 0 Å². The van der Waals surface area contributed by atoms with Crippen molar-refractivity contribution in [2.24, 2.45) is 0 Å². The highest BCUT2D eigenvalue weighted by molar-refractivity contribution is 5.72. The Labute approximate surface area is 81.8 Å². The van der Waals surface area contributed by atoms with E-state index in [0.29, 0.717) is 11.4 Å². The summed E-state index contributed by atoms with van der Waals surface area (Å²) in [6.07, 6.45) is 0.693. The molecule has 5 heteroatoms. The summed E-state index contributed by atoms with van der Waals surface area (Å²) in [4.78, 5) is 18.6. The first-order valence-electron chi connectivity index (χ1n) is 4.20. The van der Waals surface area contributed by atoms with Crippen molar-refractivity contribution in [3.63, 3.8) is 0 Å². The molecule has 5 nitrogen and oxygen atoms in total. The zero-order valence-electron chi connectivity index (χ0n) is 8.31. The van der Waals surface area contributed by atoms with Crippen LogP contribution in [-0.2, 0) is 4.79 Å². The van der Waals surface area contributed by atoms with Crippen LogP contribution in [0.2, 0.25) is 0 Å². The number of rotatable bonds is 3. The Bertz CT molecular complexity index is 352. The van der Waals surface area contributed by atoms with Gasteiger partial charge in [-0.15, -0.1) is 0 Å². The van der Waals surface area contributed by atoms with E-state index in [0.717, 1.165) is 0 Å². The van der Waals surface area contributed by atoms with Crippen molar-refractivity contribution in [3.8, 4) is 5.88 Å². The van der Waals surface area contributed by atoms with Crippen LogP contribution in [0.4, 0.5) is 0 Å². The molecule has 1 atom stereocenters. The Kier molecular flexibility index (Phi) is 3.01. The van der Waals surface area contributed by atoms with E-state index >= 15 is 0 Å². The largest absolute Gasteiger partial charge is 0.479 e. The standard InChI is InChI=1S/C9H12N2O3/c1-5-4-10-6(2)8(11-5)14-7(3)9(12)13/h4,7H,1-3H3,(H,12,13). The molecular formula is C9H12N2O3. The molecule has 0 aliphatic rings. The van der Waals surface area contributed by atoms with Gasteiger partial charge in [-0.25, -0.2) is 9.78 Å². The molecule has 0 saturated carbocycles. The van der Waals surface area contributed by atoms with Gasteiger partial charge in [0.25, 0.3) is 0 Å². The number of nitrogens with zero attached hydrogens (tertiary/aromatic N) is 2. The predicted octanol–water partition coefficient (Wildman–Crippen LogP) is 0.945. The van der Waals surface area contributed by atoms with Gasteiger partial charge in [0.05, 0.1) is 11.4 Å². The second kappa shape index (κ2) is 4.04. The van der Waals surface area contributed by atoms with Gasteiger partial charge < -0.3 is 9.84 Å². The van der Waals surface area contributed by atoms with E-state index in [9.17, 15) is 4.79 Å². The maximum Gasteiger partial charge on any atom is 0.344 e. The first-order valence-corrected chi connectivity index (χ1v) is 4.20. The summed E-state index contributed by atoms with van der Waals surface area (Å²) < 4.78 is 5.11. The van der Waals surface area contributed by atoms with Crippen LogP contribution in [0.25, 0.3) is 0 Å². The van der Waals surface area contributed by atoms with Crippen molar-refractivity contribution in [2.75, 3.05) is 0 Å². The monoisotopic (exact) mass is 196 g/mol. The molecule has 1 N–H and O–H groups in total. The highest BCUT2D eigenvalue weighted by atomic mass is 16.5. The summed E-state index contributed by atoms with van der Waals surface area (Å²) in [5.41, 5.74) is 1.28. The Morgan fingerprint density at radius 2 is 2.21 bits per heavy atom. The van der Waals surface area contributed by atoms with E-state index in [1.165, 1.54) is 6.92 Å². The molecule has 1 heterocycles. The SMILES string of the molecule is Cc1cnc(C)c(OC(C)C(=O)O)n1. The van der Waals surface area contributed by atoms with Gasteiger partial charge in [0, 0.05) is 6.20 Å². The number of carboxylic acids is 1.